The summed E-state index contributed by atoms with van der Waals surface area (Å²) in [6.07, 6.45) is 0. The molecule has 0 saturated heterocycles. The van der Waals surface area contributed by atoms with Crippen LogP contribution in [0.25, 0.3) is 0 Å². The molecule has 0 aromatic carbocycles. The highest BCUT2D eigenvalue weighted by atomic mass is 31.2. The molecule has 0 aliphatic heterocycles. The number of nitrogens with one attached hydrogen (secondary N) is 1. The zero-order chi connectivity index (χ0) is 9.61. The lowest BCUT2D eigenvalue weighted by Crippen LogP contribution is -2.25. The Labute approximate surface area is 68.6 Å². The zero-order valence-corrected chi connectivity index (χ0v) is 7.03. The highest BCUT2D eigenvalue weighted by Crippen LogP contribution is 2.34. The number of aliphatic carboxylic acids is 1. The lowest BCUT2D eigenvalue weighted by Gasteiger charge is -2.04. The number of carbonyl (C=O) groups is 1. The van der Waals surface area contributed by atoms with E-state index in [4.69, 9.17) is 14.9 Å². The molecule has 0 rings (SSSR count). The zero-order valence-electron chi connectivity index (χ0n) is 6.13. The minimum atomic E-state index is -4.42. The first-order valence-corrected chi connectivity index (χ1v) is 4.57. The van der Waals surface area contributed by atoms with E-state index in [1.165, 1.54) is 0 Å². The number of phosphoric ester groups is 1. The Hall–Kier alpha value is -0.460. The normalized spacial score (nSPS) is 11.5. The lowest BCUT2D eigenvalue weighted by molar-refractivity contribution is -0.135. The summed E-state index contributed by atoms with van der Waals surface area (Å²) in [7, 11) is -4.42. The van der Waals surface area contributed by atoms with Gasteiger partial charge in [0.15, 0.2) is 0 Å². The number of carboxylic acids is 1. The summed E-state index contributed by atoms with van der Waals surface area (Å²) in [6, 6.07) is 0. The monoisotopic (exact) mass is 199 g/mol. The molecule has 0 aromatic rings. The molecule has 0 atom stereocenters. The highest BCUT2D eigenvalue weighted by molar-refractivity contribution is 7.46. The van der Waals surface area contributed by atoms with Gasteiger partial charge >= 0.3 is 13.8 Å². The van der Waals surface area contributed by atoms with Crippen LogP contribution in [0.2, 0.25) is 0 Å². The van der Waals surface area contributed by atoms with Gasteiger partial charge in [0, 0.05) is 6.54 Å². The topological polar surface area (TPSA) is 116 Å². The molecule has 0 unspecified atom stereocenters. The van der Waals surface area contributed by atoms with Crippen LogP contribution in [-0.4, -0.2) is 40.6 Å². The van der Waals surface area contributed by atoms with Crippen molar-refractivity contribution in [2.45, 2.75) is 0 Å². The van der Waals surface area contributed by atoms with Crippen LogP contribution >= 0.6 is 7.82 Å². The van der Waals surface area contributed by atoms with Crippen LogP contribution in [0.3, 0.4) is 0 Å². The van der Waals surface area contributed by atoms with Crippen LogP contribution < -0.4 is 5.32 Å². The largest absolute Gasteiger partial charge is 0.480 e. The van der Waals surface area contributed by atoms with Gasteiger partial charge in [0.2, 0.25) is 0 Å². The van der Waals surface area contributed by atoms with Gasteiger partial charge in [-0.15, -0.1) is 0 Å². The van der Waals surface area contributed by atoms with E-state index in [-0.39, 0.29) is 19.7 Å². The standard InChI is InChI=1S/C4H10NO6P/c6-4(7)3-5-1-2-11-12(8,9)10/h5H,1-3H2,(H,6,7)(H2,8,9,10). The molecular formula is C4H10NO6P. The van der Waals surface area contributed by atoms with E-state index >= 15 is 0 Å². The summed E-state index contributed by atoms with van der Waals surface area (Å²) in [5, 5.41) is 10.5. The number of phosphoric acid groups is 1. The van der Waals surface area contributed by atoms with Crippen molar-refractivity contribution >= 4 is 13.8 Å². The van der Waals surface area contributed by atoms with Crippen molar-refractivity contribution in [2.75, 3.05) is 19.7 Å². The van der Waals surface area contributed by atoms with Crippen LogP contribution in [0.15, 0.2) is 0 Å². The number of hydrogen-bond acceptors (Lipinski definition) is 4. The molecule has 7 nitrogen and oxygen atoms in total. The van der Waals surface area contributed by atoms with Crippen LogP contribution in [0.5, 0.6) is 0 Å². The maximum absolute atomic E-state index is 10.1. The molecule has 8 heteroatoms. The Morgan fingerprint density at radius 2 is 2.08 bits per heavy atom. The molecule has 0 aliphatic carbocycles. The SMILES string of the molecule is O=C(O)CNCCOP(=O)(O)O. The van der Waals surface area contributed by atoms with E-state index in [0.717, 1.165) is 0 Å². The molecule has 0 fully saturated rings. The minimum absolute atomic E-state index is 0.0808. The minimum Gasteiger partial charge on any atom is -0.480 e. The molecule has 0 bridgehead atoms. The molecule has 72 valence electrons. The van der Waals surface area contributed by atoms with Crippen LogP contribution in [0.4, 0.5) is 0 Å². The Balaban J connectivity index is 3.23. The number of hydrogen-bond donors (Lipinski definition) is 4. The van der Waals surface area contributed by atoms with E-state index in [1.54, 1.807) is 0 Å². The summed E-state index contributed by atoms with van der Waals surface area (Å²) in [6.45, 7) is -0.403. The first kappa shape index (κ1) is 11.5. The third kappa shape index (κ3) is 9.54. The van der Waals surface area contributed by atoms with Crippen LogP contribution in [0.1, 0.15) is 0 Å². The molecule has 0 radical (unpaired) electrons. The third-order valence-corrected chi connectivity index (χ3v) is 1.33. The number of carboxylic acid groups (broad SMARTS) is 1. The first-order chi connectivity index (χ1) is 5.42. The molecule has 4 N–H and O–H groups in total. The number of rotatable bonds is 6. The van der Waals surface area contributed by atoms with Gasteiger partial charge in [-0.25, -0.2) is 4.57 Å². The van der Waals surface area contributed by atoms with E-state index in [0.29, 0.717) is 0 Å². The Morgan fingerprint density at radius 1 is 1.50 bits per heavy atom. The van der Waals surface area contributed by atoms with Crippen molar-refractivity contribution in [1.29, 1.82) is 0 Å². The fourth-order valence-electron chi connectivity index (χ4n) is 0.432. The molecule has 12 heavy (non-hydrogen) atoms. The molecule has 0 heterocycles. The quantitative estimate of drug-likeness (QED) is 0.312. The average Bonchev–Trinajstić information content (AvgIpc) is 1.83. The van der Waals surface area contributed by atoms with E-state index in [2.05, 4.69) is 9.84 Å². The molecule has 0 saturated carbocycles. The fraction of sp³-hybridized carbons (Fsp3) is 0.750. The van der Waals surface area contributed by atoms with Gasteiger partial charge in [-0.3, -0.25) is 9.32 Å². The van der Waals surface area contributed by atoms with E-state index < -0.39 is 13.8 Å². The maximum atomic E-state index is 10.1. The predicted octanol–water partition coefficient (Wildman–Crippen LogP) is -1.23. The van der Waals surface area contributed by atoms with Gasteiger partial charge in [-0.05, 0) is 0 Å². The molecule has 0 amide bonds. The van der Waals surface area contributed by atoms with Crippen LogP contribution in [-0.2, 0) is 13.9 Å². The molecular weight excluding hydrogens is 189 g/mol. The summed E-state index contributed by atoms with van der Waals surface area (Å²) in [5.41, 5.74) is 0. The maximum Gasteiger partial charge on any atom is 0.469 e. The van der Waals surface area contributed by atoms with Crippen molar-refractivity contribution in [2.24, 2.45) is 0 Å². The van der Waals surface area contributed by atoms with Crippen LogP contribution in [0, 0.1) is 0 Å². The summed E-state index contributed by atoms with van der Waals surface area (Å²) < 4.78 is 14.1. The van der Waals surface area contributed by atoms with Crippen molar-refractivity contribution in [1.82, 2.24) is 5.32 Å². The smallest absolute Gasteiger partial charge is 0.469 e. The van der Waals surface area contributed by atoms with Crippen molar-refractivity contribution in [3.05, 3.63) is 0 Å². The van der Waals surface area contributed by atoms with Gasteiger partial charge in [0.25, 0.3) is 0 Å². The van der Waals surface area contributed by atoms with Crippen molar-refractivity contribution < 1.29 is 28.8 Å². The second-order valence-electron chi connectivity index (χ2n) is 1.89. The fourth-order valence-corrected chi connectivity index (χ4v) is 0.761. The van der Waals surface area contributed by atoms with E-state index in [9.17, 15) is 9.36 Å². The van der Waals surface area contributed by atoms with Gasteiger partial charge in [0.05, 0.1) is 13.2 Å². The van der Waals surface area contributed by atoms with Gasteiger partial charge in [-0.1, -0.05) is 0 Å². The van der Waals surface area contributed by atoms with Gasteiger partial charge in [-0.2, -0.15) is 0 Å². The van der Waals surface area contributed by atoms with Crippen molar-refractivity contribution in [3.63, 3.8) is 0 Å². The predicted molar refractivity (Wildman–Crippen MR) is 38.5 cm³/mol. The summed E-state index contributed by atoms with van der Waals surface area (Å²) in [4.78, 5) is 26.2. The molecule has 0 aromatic heterocycles. The third-order valence-electron chi connectivity index (χ3n) is 0.815. The second kappa shape index (κ2) is 5.23. The van der Waals surface area contributed by atoms with E-state index in [1.807, 2.05) is 0 Å². The Bertz CT molecular complexity index is 188. The summed E-state index contributed by atoms with van der Waals surface area (Å²) in [5.74, 6) is -1.04. The summed E-state index contributed by atoms with van der Waals surface area (Å²) >= 11 is 0. The van der Waals surface area contributed by atoms with Gasteiger partial charge in [0.1, 0.15) is 0 Å². The molecule has 0 spiro atoms. The highest BCUT2D eigenvalue weighted by Gasteiger charge is 2.12. The Morgan fingerprint density at radius 3 is 2.50 bits per heavy atom. The average molecular weight is 199 g/mol. The first-order valence-electron chi connectivity index (χ1n) is 3.04. The second-order valence-corrected chi connectivity index (χ2v) is 3.13. The van der Waals surface area contributed by atoms with Gasteiger partial charge < -0.3 is 20.2 Å². The van der Waals surface area contributed by atoms with Crippen molar-refractivity contribution in [3.8, 4) is 0 Å². The lowest BCUT2D eigenvalue weighted by atomic mass is 10.6. The Kier molecular flexibility index (Phi) is 5.03. The molecule has 0 aliphatic rings.